The summed E-state index contributed by atoms with van der Waals surface area (Å²) in [5.74, 6) is 2.69. The van der Waals surface area contributed by atoms with Crippen molar-refractivity contribution in [1.29, 1.82) is 0 Å². The molecule has 2 aromatic rings. The van der Waals surface area contributed by atoms with Crippen LogP contribution in [0.5, 0.6) is 5.75 Å². The van der Waals surface area contributed by atoms with Crippen LogP contribution in [-0.2, 0) is 0 Å². The minimum atomic E-state index is 0.607. The molecule has 1 aromatic carbocycles. The van der Waals surface area contributed by atoms with E-state index in [4.69, 9.17) is 4.74 Å². The zero-order chi connectivity index (χ0) is 16.4. The maximum Gasteiger partial charge on any atom is 0.227 e. The van der Waals surface area contributed by atoms with Gasteiger partial charge in [-0.25, -0.2) is 4.98 Å². The highest BCUT2D eigenvalue weighted by Crippen LogP contribution is 2.29. The second-order valence-electron chi connectivity index (χ2n) is 6.31. The number of anilines is 3. The summed E-state index contributed by atoms with van der Waals surface area (Å²) in [6.45, 7) is 3.68. The van der Waals surface area contributed by atoms with Crippen molar-refractivity contribution in [3.63, 3.8) is 0 Å². The van der Waals surface area contributed by atoms with Gasteiger partial charge >= 0.3 is 0 Å². The summed E-state index contributed by atoms with van der Waals surface area (Å²) in [5, 5.41) is 3.44. The van der Waals surface area contributed by atoms with Crippen molar-refractivity contribution in [2.24, 2.45) is 0 Å². The van der Waals surface area contributed by atoms with Crippen molar-refractivity contribution in [2.45, 2.75) is 18.9 Å². The third kappa shape index (κ3) is 3.22. The lowest BCUT2D eigenvalue weighted by molar-refractivity contribution is 0.413. The van der Waals surface area contributed by atoms with Crippen molar-refractivity contribution in [1.82, 2.24) is 9.97 Å². The monoisotopic (exact) mass is 325 g/mol. The number of nitrogens with zero attached hydrogens (tertiary/aromatic N) is 4. The van der Waals surface area contributed by atoms with Gasteiger partial charge in [-0.3, -0.25) is 0 Å². The molecule has 6 nitrogen and oxygen atoms in total. The highest BCUT2D eigenvalue weighted by Gasteiger charge is 2.23. The number of rotatable bonds is 5. The Morgan fingerprint density at radius 3 is 2.54 bits per heavy atom. The normalized spacial score (nSPS) is 17.7. The van der Waals surface area contributed by atoms with Gasteiger partial charge in [0.25, 0.3) is 0 Å². The molecule has 2 aliphatic rings. The molecule has 1 saturated heterocycles. The minimum absolute atomic E-state index is 0.607. The standard InChI is InChI=1S/C18H23N5O/c1-24-16-5-3-2-4-15(16)22-10-12-23(13-11-22)18-19-9-8-17(21-18)20-14-6-7-14/h2-5,8-9,14H,6-7,10-13H2,1H3,(H,19,20,21). The van der Waals surface area contributed by atoms with E-state index in [1.54, 1.807) is 7.11 Å². The van der Waals surface area contributed by atoms with Crippen LogP contribution >= 0.6 is 0 Å². The molecule has 1 aromatic heterocycles. The van der Waals surface area contributed by atoms with Gasteiger partial charge in [0.15, 0.2) is 0 Å². The molecule has 0 spiro atoms. The summed E-state index contributed by atoms with van der Waals surface area (Å²) in [4.78, 5) is 13.7. The van der Waals surface area contributed by atoms with Gasteiger partial charge in [-0.1, -0.05) is 12.1 Å². The van der Waals surface area contributed by atoms with Gasteiger partial charge < -0.3 is 19.9 Å². The number of benzene rings is 1. The molecule has 126 valence electrons. The molecule has 0 amide bonds. The lowest BCUT2D eigenvalue weighted by atomic mass is 10.2. The van der Waals surface area contributed by atoms with E-state index in [-0.39, 0.29) is 0 Å². The molecule has 1 saturated carbocycles. The zero-order valence-electron chi connectivity index (χ0n) is 14.0. The first-order valence-corrected chi connectivity index (χ1v) is 8.56. The maximum atomic E-state index is 5.48. The van der Waals surface area contributed by atoms with E-state index >= 15 is 0 Å². The predicted octanol–water partition coefficient (Wildman–Crippen LogP) is 2.39. The molecule has 2 fully saturated rings. The number of ether oxygens (including phenoxy) is 1. The van der Waals surface area contributed by atoms with E-state index in [1.807, 2.05) is 24.4 Å². The van der Waals surface area contributed by atoms with Gasteiger partial charge in [-0.15, -0.1) is 0 Å². The van der Waals surface area contributed by atoms with Crippen molar-refractivity contribution in [2.75, 3.05) is 48.4 Å². The summed E-state index contributed by atoms with van der Waals surface area (Å²) in [6.07, 6.45) is 4.34. The fraction of sp³-hybridized carbons (Fsp3) is 0.444. The van der Waals surface area contributed by atoms with Crippen LogP contribution in [0.15, 0.2) is 36.5 Å². The van der Waals surface area contributed by atoms with Crippen LogP contribution in [0.4, 0.5) is 17.5 Å². The SMILES string of the molecule is COc1ccccc1N1CCN(c2nccc(NC3CC3)n2)CC1. The van der Waals surface area contributed by atoms with Crippen LogP contribution in [0.3, 0.4) is 0 Å². The fourth-order valence-corrected chi connectivity index (χ4v) is 3.06. The van der Waals surface area contributed by atoms with Crippen molar-refractivity contribution in [3.05, 3.63) is 36.5 Å². The van der Waals surface area contributed by atoms with Gasteiger partial charge in [0.1, 0.15) is 11.6 Å². The molecule has 24 heavy (non-hydrogen) atoms. The van der Waals surface area contributed by atoms with E-state index in [0.717, 1.165) is 49.4 Å². The first-order chi connectivity index (χ1) is 11.8. The fourth-order valence-electron chi connectivity index (χ4n) is 3.06. The summed E-state index contributed by atoms with van der Waals surface area (Å²) >= 11 is 0. The Kier molecular flexibility index (Phi) is 4.11. The number of para-hydroxylation sites is 2. The van der Waals surface area contributed by atoms with Crippen LogP contribution in [-0.4, -0.2) is 49.3 Å². The highest BCUT2D eigenvalue weighted by atomic mass is 16.5. The zero-order valence-corrected chi connectivity index (χ0v) is 14.0. The number of piperazine rings is 1. The average Bonchev–Trinajstić information content (AvgIpc) is 3.46. The Bertz CT molecular complexity index is 695. The average molecular weight is 325 g/mol. The molecule has 1 N–H and O–H groups in total. The van der Waals surface area contributed by atoms with Crippen LogP contribution in [0.1, 0.15) is 12.8 Å². The Labute approximate surface area is 142 Å². The van der Waals surface area contributed by atoms with Gasteiger partial charge in [0.2, 0.25) is 5.95 Å². The molecule has 1 aliphatic heterocycles. The van der Waals surface area contributed by atoms with Crippen LogP contribution in [0, 0.1) is 0 Å². The summed E-state index contributed by atoms with van der Waals surface area (Å²) in [6, 6.07) is 10.7. The Morgan fingerprint density at radius 2 is 1.79 bits per heavy atom. The summed E-state index contributed by atoms with van der Waals surface area (Å²) < 4.78 is 5.48. The van der Waals surface area contributed by atoms with Crippen LogP contribution in [0.2, 0.25) is 0 Å². The maximum absolute atomic E-state index is 5.48. The molecule has 6 heteroatoms. The van der Waals surface area contributed by atoms with Gasteiger partial charge in [-0.2, -0.15) is 4.98 Å². The topological polar surface area (TPSA) is 53.5 Å². The van der Waals surface area contributed by atoms with E-state index in [9.17, 15) is 0 Å². The number of hydrogen-bond donors (Lipinski definition) is 1. The summed E-state index contributed by atoms with van der Waals surface area (Å²) in [5.41, 5.74) is 1.16. The van der Waals surface area contributed by atoms with Crippen molar-refractivity contribution in [3.8, 4) is 5.75 Å². The lowest BCUT2D eigenvalue weighted by Gasteiger charge is -2.36. The van der Waals surface area contributed by atoms with Crippen molar-refractivity contribution < 1.29 is 4.74 Å². The van der Waals surface area contributed by atoms with Gasteiger partial charge in [0.05, 0.1) is 12.8 Å². The van der Waals surface area contributed by atoms with Crippen LogP contribution < -0.4 is 19.9 Å². The molecule has 0 bridgehead atoms. The number of nitrogens with one attached hydrogen (secondary N) is 1. The van der Waals surface area contributed by atoms with Gasteiger partial charge in [0, 0.05) is 38.4 Å². The molecule has 0 unspecified atom stereocenters. The predicted molar refractivity (Wildman–Crippen MR) is 96.1 cm³/mol. The Balaban J connectivity index is 1.42. The smallest absolute Gasteiger partial charge is 0.227 e. The molecular formula is C18H23N5O. The third-order valence-corrected chi connectivity index (χ3v) is 4.56. The molecule has 1 aliphatic carbocycles. The Morgan fingerprint density at radius 1 is 1.04 bits per heavy atom. The van der Waals surface area contributed by atoms with E-state index in [1.165, 1.54) is 12.8 Å². The minimum Gasteiger partial charge on any atom is -0.495 e. The van der Waals surface area contributed by atoms with E-state index in [0.29, 0.717) is 6.04 Å². The number of methoxy groups -OCH3 is 1. The first-order valence-electron chi connectivity index (χ1n) is 8.56. The van der Waals surface area contributed by atoms with E-state index in [2.05, 4.69) is 37.2 Å². The molecule has 2 heterocycles. The number of aromatic nitrogens is 2. The second kappa shape index (κ2) is 6.55. The molecule has 0 atom stereocenters. The molecule has 4 rings (SSSR count). The van der Waals surface area contributed by atoms with Crippen LogP contribution in [0.25, 0.3) is 0 Å². The molecule has 0 radical (unpaired) electrons. The van der Waals surface area contributed by atoms with Crippen molar-refractivity contribution >= 4 is 17.5 Å². The lowest BCUT2D eigenvalue weighted by Crippen LogP contribution is -2.47. The highest BCUT2D eigenvalue weighted by molar-refractivity contribution is 5.59. The second-order valence-corrected chi connectivity index (χ2v) is 6.31. The van der Waals surface area contributed by atoms with Gasteiger partial charge in [-0.05, 0) is 31.0 Å². The largest absolute Gasteiger partial charge is 0.495 e. The van der Waals surface area contributed by atoms with E-state index < -0.39 is 0 Å². The third-order valence-electron chi connectivity index (χ3n) is 4.56. The Hall–Kier alpha value is -2.50. The summed E-state index contributed by atoms with van der Waals surface area (Å²) in [7, 11) is 1.72. The first kappa shape index (κ1) is 15.1. The number of hydrogen-bond acceptors (Lipinski definition) is 6. The quantitative estimate of drug-likeness (QED) is 0.911. The molecular weight excluding hydrogens is 302 g/mol.